The summed E-state index contributed by atoms with van der Waals surface area (Å²) in [4.78, 5) is 17.9. The average Bonchev–Trinajstić information content (AvgIpc) is 3.19. The second-order valence-corrected chi connectivity index (χ2v) is 7.78. The summed E-state index contributed by atoms with van der Waals surface area (Å²) in [6.07, 6.45) is 1.68. The standard InChI is InChI=1S/C23H21N3O2S/c24-13-19-12-20(8-9-25-19)28-15-16-4-3-6-18(10-16)23(27)26-14-21-11-17-5-1-2-7-22(17)29-21/h1-12H,13-15,24H2,(H,26,27). The van der Waals surface area contributed by atoms with Crippen molar-refractivity contribution in [1.82, 2.24) is 10.3 Å². The van der Waals surface area contributed by atoms with Crippen molar-refractivity contribution in [3.63, 3.8) is 0 Å². The number of benzene rings is 2. The molecule has 2 aromatic carbocycles. The number of carbonyl (C=O) groups is 1. The largest absolute Gasteiger partial charge is 0.489 e. The molecule has 0 fully saturated rings. The first-order valence-electron chi connectivity index (χ1n) is 9.33. The lowest BCUT2D eigenvalue weighted by molar-refractivity contribution is 0.0951. The van der Waals surface area contributed by atoms with Crippen molar-refractivity contribution in [3.05, 3.63) is 94.6 Å². The van der Waals surface area contributed by atoms with Crippen LogP contribution in [0.1, 0.15) is 26.5 Å². The number of carbonyl (C=O) groups excluding carboxylic acids is 1. The van der Waals surface area contributed by atoms with E-state index < -0.39 is 0 Å². The number of nitrogens with two attached hydrogens (primary N) is 1. The Morgan fingerprint density at radius 1 is 1.07 bits per heavy atom. The molecule has 0 spiro atoms. The predicted octanol–water partition coefficient (Wildman–Crippen LogP) is 4.26. The number of ether oxygens (including phenoxy) is 1. The highest BCUT2D eigenvalue weighted by atomic mass is 32.1. The summed E-state index contributed by atoms with van der Waals surface area (Å²) in [5.74, 6) is 0.610. The Morgan fingerprint density at radius 3 is 2.83 bits per heavy atom. The topological polar surface area (TPSA) is 77.2 Å². The van der Waals surface area contributed by atoms with E-state index in [4.69, 9.17) is 10.5 Å². The molecule has 0 aliphatic heterocycles. The van der Waals surface area contributed by atoms with Crippen molar-refractivity contribution >= 4 is 27.3 Å². The van der Waals surface area contributed by atoms with Crippen molar-refractivity contribution in [3.8, 4) is 5.75 Å². The SMILES string of the molecule is NCc1cc(OCc2cccc(C(=O)NCc3cc4ccccc4s3)c2)ccn1. The van der Waals surface area contributed by atoms with Crippen LogP contribution in [0, 0.1) is 0 Å². The number of hydrogen-bond donors (Lipinski definition) is 2. The molecule has 0 radical (unpaired) electrons. The van der Waals surface area contributed by atoms with Gasteiger partial charge in [-0.25, -0.2) is 0 Å². The monoisotopic (exact) mass is 403 g/mol. The molecule has 0 atom stereocenters. The van der Waals surface area contributed by atoms with E-state index in [0.717, 1.165) is 16.1 Å². The van der Waals surface area contributed by atoms with Crippen LogP contribution in [0.4, 0.5) is 0 Å². The fourth-order valence-corrected chi connectivity index (χ4v) is 4.02. The van der Waals surface area contributed by atoms with Gasteiger partial charge in [-0.1, -0.05) is 30.3 Å². The molecule has 6 heteroatoms. The summed E-state index contributed by atoms with van der Waals surface area (Å²) >= 11 is 1.70. The molecule has 0 saturated heterocycles. The van der Waals surface area contributed by atoms with Crippen LogP contribution in [-0.2, 0) is 19.7 Å². The van der Waals surface area contributed by atoms with Crippen LogP contribution in [0.15, 0.2) is 72.9 Å². The molecular formula is C23H21N3O2S. The van der Waals surface area contributed by atoms with Gasteiger partial charge in [0.1, 0.15) is 12.4 Å². The maximum Gasteiger partial charge on any atom is 0.251 e. The van der Waals surface area contributed by atoms with Gasteiger partial charge in [0.2, 0.25) is 0 Å². The average molecular weight is 404 g/mol. The molecule has 5 nitrogen and oxygen atoms in total. The van der Waals surface area contributed by atoms with E-state index in [2.05, 4.69) is 28.5 Å². The molecule has 29 heavy (non-hydrogen) atoms. The number of rotatable bonds is 7. The van der Waals surface area contributed by atoms with Crippen LogP contribution in [-0.4, -0.2) is 10.9 Å². The Labute approximate surface area is 173 Å². The zero-order valence-electron chi connectivity index (χ0n) is 15.8. The molecule has 146 valence electrons. The van der Waals surface area contributed by atoms with Crippen LogP contribution in [0.3, 0.4) is 0 Å². The van der Waals surface area contributed by atoms with Gasteiger partial charge in [0, 0.05) is 33.9 Å². The normalized spacial score (nSPS) is 10.8. The fourth-order valence-electron chi connectivity index (χ4n) is 3.02. The summed E-state index contributed by atoms with van der Waals surface area (Å²) in [6, 6.07) is 21.4. The number of fused-ring (bicyclic) bond motifs is 1. The second-order valence-electron chi connectivity index (χ2n) is 6.61. The Bertz CT molecular complexity index is 1110. The first-order valence-corrected chi connectivity index (χ1v) is 10.2. The molecule has 4 rings (SSSR count). The molecule has 3 N–H and O–H groups in total. The highest BCUT2D eigenvalue weighted by Gasteiger charge is 2.08. The zero-order chi connectivity index (χ0) is 20.1. The smallest absolute Gasteiger partial charge is 0.251 e. The third kappa shape index (κ3) is 4.80. The van der Waals surface area contributed by atoms with Crippen LogP contribution in [0.25, 0.3) is 10.1 Å². The van der Waals surface area contributed by atoms with E-state index in [-0.39, 0.29) is 5.91 Å². The minimum absolute atomic E-state index is 0.0985. The minimum Gasteiger partial charge on any atom is -0.489 e. The van der Waals surface area contributed by atoms with Gasteiger partial charge in [0.15, 0.2) is 0 Å². The van der Waals surface area contributed by atoms with Crippen molar-refractivity contribution < 1.29 is 9.53 Å². The van der Waals surface area contributed by atoms with Crippen LogP contribution < -0.4 is 15.8 Å². The van der Waals surface area contributed by atoms with Crippen LogP contribution in [0.5, 0.6) is 5.75 Å². The summed E-state index contributed by atoms with van der Waals surface area (Å²) < 4.78 is 7.03. The highest BCUT2D eigenvalue weighted by molar-refractivity contribution is 7.19. The number of thiophene rings is 1. The Kier molecular flexibility index (Phi) is 5.84. The van der Waals surface area contributed by atoms with Gasteiger partial charge in [-0.3, -0.25) is 9.78 Å². The van der Waals surface area contributed by atoms with Gasteiger partial charge >= 0.3 is 0 Å². The summed E-state index contributed by atoms with van der Waals surface area (Å²) in [5.41, 5.74) is 7.92. The molecule has 0 aliphatic rings. The van der Waals surface area contributed by atoms with Crippen molar-refractivity contribution in [2.45, 2.75) is 19.7 Å². The lowest BCUT2D eigenvalue weighted by atomic mass is 10.1. The van der Waals surface area contributed by atoms with E-state index in [1.54, 1.807) is 23.6 Å². The predicted molar refractivity (Wildman–Crippen MR) is 116 cm³/mol. The van der Waals surface area contributed by atoms with Crippen LogP contribution in [0.2, 0.25) is 0 Å². The van der Waals surface area contributed by atoms with Gasteiger partial charge < -0.3 is 15.8 Å². The van der Waals surface area contributed by atoms with E-state index in [0.29, 0.717) is 31.0 Å². The summed E-state index contributed by atoms with van der Waals surface area (Å²) in [7, 11) is 0. The highest BCUT2D eigenvalue weighted by Crippen LogP contribution is 2.25. The van der Waals surface area contributed by atoms with Gasteiger partial charge in [-0.05, 0) is 41.3 Å². The second kappa shape index (κ2) is 8.86. The third-order valence-corrected chi connectivity index (χ3v) is 5.61. The Morgan fingerprint density at radius 2 is 1.97 bits per heavy atom. The van der Waals surface area contributed by atoms with Crippen molar-refractivity contribution in [2.24, 2.45) is 5.73 Å². The number of amides is 1. The number of pyridine rings is 1. The van der Waals surface area contributed by atoms with Crippen molar-refractivity contribution in [1.29, 1.82) is 0 Å². The maximum absolute atomic E-state index is 12.6. The number of hydrogen-bond acceptors (Lipinski definition) is 5. The first kappa shape index (κ1) is 19.1. The molecule has 0 unspecified atom stereocenters. The third-order valence-electron chi connectivity index (χ3n) is 4.49. The maximum atomic E-state index is 12.6. The van der Waals surface area contributed by atoms with E-state index in [9.17, 15) is 4.79 Å². The summed E-state index contributed by atoms with van der Waals surface area (Å²) in [5, 5.41) is 4.20. The molecule has 0 aliphatic carbocycles. The van der Waals surface area contributed by atoms with E-state index in [1.807, 2.05) is 42.5 Å². The number of aromatic nitrogens is 1. The minimum atomic E-state index is -0.0985. The molecule has 0 saturated carbocycles. The molecular weight excluding hydrogens is 382 g/mol. The number of nitrogens with zero attached hydrogens (tertiary/aromatic N) is 1. The number of nitrogens with one attached hydrogen (secondary N) is 1. The zero-order valence-corrected chi connectivity index (χ0v) is 16.6. The van der Waals surface area contributed by atoms with Gasteiger partial charge in [0.25, 0.3) is 5.91 Å². The molecule has 2 aromatic heterocycles. The van der Waals surface area contributed by atoms with Crippen LogP contribution >= 0.6 is 11.3 Å². The lowest BCUT2D eigenvalue weighted by Gasteiger charge is -2.09. The molecule has 4 aromatic rings. The van der Waals surface area contributed by atoms with Gasteiger partial charge in [-0.15, -0.1) is 11.3 Å². The molecule has 0 bridgehead atoms. The van der Waals surface area contributed by atoms with E-state index >= 15 is 0 Å². The quantitative estimate of drug-likeness (QED) is 0.483. The summed E-state index contributed by atoms with van der Waals surface area (Å²) in [6.45, 7) is 1.25. The van der Waals surface area contributed by atoms with Gasteiger partial charge in [-0.2, -0.15) is 0 Å². The van der Waals surface area contributed by atoms with Gasteiger partial charge in [0.05, 0.1) is 12.2 Å². The molecule has 2 heterocycles. The first-order chi connectivity index (χ1) is 14.2. The van der Waals surface area contributed by atoms with Crippen molar-refractivity contribution in [2.75, 3.05) is 0 Å². The Balaban J connectivity index is 1.37. The lowest BCUT2D eigenvalue weighted by Crippen LogP contribution is -2.22. The Hall–Kier alpha value is -3.22. The van der Waals surface area contributed by atoms with E-state index in [1.165, 1.54) is 10.1 Å². The fraction of sp³-hybridized carbons (Fsp3) is 0.130. The molecule has 1 amide bonds.